The summed E-state index contributed by atoms with van der Waals surface area (Å²) in [6.07, 6.45) is 4.09. The molecule has 0 spiro atoms. The minimum Gasteiger partial charge on any atom is -0.508 e. The summed E-state index contributed by atoms with van der Waals surface area (Å²) in [5.41, 5.74) is 0.975. The summed E-state index contributed by atoms with van der Waals surface area (Å²) < 4.78 is 0.917. The van der Waals surface area contributed by atoms with Crippen molar-refractivity contribution < 1.29 is 5.11 Å². The van der Waals surface area contributed by atoms with Gasteiger partial charge in [-0.05, 0) is 44.4 Å². The van der Waals surface area contributed by atoms with Gasteiger partial charge in [-0.2, -0.15) is 0 Å². The normalized spacial score (nSPS) is 18.1. The molecule has 2 rings (SSSR count). The van der Waals surface area contributed by atoms with E-state index in [-0.39, 0.29) is 6.04 Å². The van der Waals surface area contributed by atoms with Gasteiger partial charge in [-0.1, -0.05) is 28.4 Å². The molecule has 0 bridgehead atoms. The zero-order valence-corrected chi connectivity index (χ0v) is 11.1. The quantitative estimate of drug-likeness (QED) is 0.885. The number of rotatable bonds is 4. The second kappa shape index (κ2) is 5.19. The Kier molecular flexibility index (Phi) is 3.87. The second-order valence-corrected chi connectivity index (χ2v) is 5.55. The van der Waals surface area contributed by atoms with E-state index >= 15 is 0 Å². The molecule has 0 heterocycles. The fraction of sp³-hybridized carbons (Fsp3) is 0.538. The fourth-order valence-corrected chi connectivity index (χ4v) is 2.38. The highest BCUT2D eigenvalue weighted by atomic mass is 79.9. The van der Waals surface area contributed by atoms with Gasteiger partial charge in [-0.25, -0.2) is 0 Å². The Morgan fingerprint density at radius 2 is 2.25 bits per heavy atom. The molecule has 1 aromatic rings. The number of nitrogens with one attached hydrogen (secondary N) is 1. The molecule has 3 heteroatoms. The average Bonchev–Trinajstić information content (AvgIpc) is 2.14. The van der Waals surface area contributed by atoms with Gasteiger partial charge in [0.05, 0.1) is 0 Å². The molecule has 1 aliphatic rings. The number of aromatic hydroxyl groups is 1. The summed E-state index contributed by atoms with van der Waals surface area (Å²) in [4.78, 5) is 0. The van der Waals surface area contributed by atoms with Gasteiger partial charge in [0.15, 0.2) is 0 Å². The van der Waals surface area contributed by atoms with Crippen molar-refractivity contribution in [3.05, 3.63) is 28.2 Å². The van der Waals surface area contributed by atoms with Crippen LogP contribution in [0.15, 0.2) is 22.7 Å². The maximum Gasteiger partial charge on any atom is 0.121 e. The van der Waals surface area contributed by atoms with Crippen molar-refractivity contribution in [3.63, 3.8) is 0 Å². The maximum atomic E-state index is 9.83. The van der Waals surface area contributed by atoms with Crippen molar-refractivity contribution >= 4 is 15.9 Å². The Bertz CT molecular complexity index is 363. The summed E-state index contributed by atoms with van der Waals surface area (Å²) >= 11 is 3.35. The Labute approximate surface area is 105 Å². The lowest BCUT2D eigenvalue weighted by Gasteiger charge is -2.27. The van der Waals surface area contributed by atoms with E-state index < -0.39 is 0 Å². The number of hydrogen-bond acceptors (Lipinski definition) is 2. The highest BCUT2D eigenvalue weighted by molar-refractivity contribution is 9.10. The van der Waals surface area contributed by atoms with Crippen LogP contribution in [0, 0.1) is 5.92 Å². The zero-order valence-electron chi connectivity index (χ0n) is 9.54. The van der Waals surface area contributed by atoms with Crippen molar-refractivity contribution in [3.8, 4) is 5.75 Å². The Morgan fingerprint density at radius 3 is 2.81 bits per heavy atom. The predicted molar refractivity (Wildman–Crippen MR) is 69.6 cm³/mol. The van der Waals surface area contributed by atoms with Gasteiger partial charge in [0.2, 0.25) is 0 Å². The minimum atomic E-state index is 0.216. The van der Waals surface area contributed by atoms with Crippen LogP contribution in [-0.4, -0.2) is 11.7 Å². The summed E-state index contributed by atoms with van der Waals surface area (Å²) in [6, 6.07) is 5.90. The summed E-state index contributed by atoms with van der Waals surface area (Å²) in [5.74, 6) is 1.21. The molecule has 1 fully saturated rings. The smallest absolute Gasteiger partial charge is 0.121 e. The van der Waals surface area contributed by atoms with E-state index in [1.54, 1.807) is 6.07 Å². The van der Waals surface area contributed by atoms with Gasteiger partial charge in [0.1, 0.15) is 5.75 Å². The monoisotopic (exact) mass is 283 g/mol. The SMILES string of the molecule is CC(NCC1CCC1)c1ccc(Br)cc1O. The van der Waals surface area contributed by atoms with Gasteiger partial charge in [0, 0.05) is 16.1 Å². The third-order valence-electron chi connectivity index (χ3n) is 3.40. The van der Waals surface area contributed by atoms with Crippen LogP contribution in [0.25, 0.3) is 0 Å². The molecule has 1 unspecified atom stereocenters. The molecule has 0 aliphatic heterocycles. The van der Waals surface area contributed by atoms with Crippen LogP contribution in [-0.2, 0) is 0 Å². The third-order valence-corrected chi connectivity index (χ3v) is 3.89. The molecule has 0 saturated heterocycles. The van der Waals surface area contributed by atoms with Gasteiger partial charge in [0.25, 0.3) is 0 Å². The van der Waals surface area contributed by atoms with Crippen LogP contribution in [0.3, 0.4) is 0 Å². The lowest BCUT2D eigenvalue weighted by Crippen LogP contribution is -2.29. The van der Waals surface area contributed by atoms with Crippen molar-refractivity contribution in [2.75, 3.05) is 6.54 Å². The van der Waals surface area contributed by atoms with Crippen molar-refractivity contribution in [2.45, 2.75) is 32.2 Å². The molecule has 88 valence electrons. The predicted octanol–water partition coefficient (Wildman–Crippen LogP) is 3.61. The molecular weight excluding hydrogens is 266 g/mol. The fourth-order valence-electron chi connectivity index (χ4n) is 2.03. The second-order valence-electron chi connectivity index (χ2n) is 4.63. The summed E-state index contributed by atoms with van der Waals surface area (Å²) in [6.45, 7) is 3.16. The van der Waals surface area contributed by atoms with Crippen LogP contribution in [0.2, 0.25) is 0 Å². The molecule has 16 heavy (non-hydrogen) atoms. The van der Waals surface area contributed by atoms with E-state index in [4.69, 9.17) is 0 Å². The molecule has 0 amide bonds. The standard InChI is InChI=1S/C13H18BrNO/c1-9(15-8-10-3-2-4-10)12-6-5-11(14)7-13(12)16/h5-7,9-10,15-16H,2-4,8H2,1H3. The number of phenols is 1. The van der Waals surface area contributed by atoms with Crippen molar-refractivity contribution in [1.82, 2.24) is 5.32 Å². The first kappa shape index (κ1) is 11.9. The maximum absolute atomic E-state index is 9.83. The first-order valence-electron chi connectivity index (χ1n) is 5.88. The third kappa shape index (κ3) is 2.77. The van der Waals surface area contributed by atoms with Crippen LogP contribution >= 0.6 is 15.9 Å². The van der Waals surface area contributed by atoms with Crippen molar-refractivity contribution in [1.29, 1.82) is 0 Å². The van der Waals surface area contributed by atoms with E-state index in [0.717, 1.165) is 22.5 Å². The molecule has 1 aromatic carbocycles. The van der Waals surface area contributed by atoms with E-state index in [1.807, 2.05) is 12.1 Å². The highest BCUT2D eigenvalue weighted by Crippen LogP contribution is 2.29. The molecule has 2 nitrogen and oxygen atoms in total. The van der Waals surface area contributed by atoms with Crippen molar-refractivity contribution in [2.24, 2.45) is 5.92 Å². The first-order valence-corrected chi connectivity index (χ1v) is 6.68. The minimum absolute atomic E-state index is 0.216. The molecular formula is C13H18BrNO. The van der Waals surface area contributed by atoms with E-state index in [0.29, 0.717) is 5.75 Å². The lowest BCUT2D eigenvalue weighted by atomic mass is 9.85. The number of phenolic OH excluding ortho intramolecular Hbond substituents is 1. The average molecular weight is 284 g/mol. The van der Waals surface area contributed by atoms with Crippen LogP contribution in [0.4, 0.5) is 0 Å². The Morgan fingerprint density at radius 1 is 1.50 bits per heavy atom. The summed E-state index contributed by atoms with van der Waals surface area (Å²) in [7, 11) is 0. The van der Waals surface area contributed by atoms with E-state index in [2.05, 4.69) is 28.2 Å². The Hall–Kier alpha value is -0.540. The van der Waals surface area contributed by atoms with Gasteiger partial charge < -0.3 is 10.4 Å². The van der Waals surface area contributed by atoms with Gasteiger partial charge in [-0.15, -0.1) is 0 Å². The first-order chi connectivity index (χ1) is 7.66. The molecule has 1 aliphatic carbocycles. The topological polar surface area (TPSA) is 32.3 Å². The van der Waals surface area contributed by atoms with E-state index in [1.165, 1.54) is 19.3 Å². The lowest BCUT2D eigenvalue weighted by molar-refractivity contribution is 0.291. The zero-order chi connectivity index (χ0) is 11.5. The van der Waals surface area contributed by atoms with E-state index in [9.17, 15) is 5.11 Å². The van der Waals surface area contributed by atoms with Gasteiger partial charge in [-0.3, -0.25) is 0 Å². The van der Waals surface area contributed by atoms with Crippen LogP contribution in [0.1, 0.15) is 37.8 Å². The highest BCUT2D eigenvalue weighted by Gasteiger charge is 2.18. The molecule has 0 aromatic heterocycles. The van der Waals surface area contributed by atoms with Crippen LogP contribution in [0.5, 0.6) is 5.75 Å². The summed E-state index contributed by atoms with van der Waals surface area (Å²) in [5, 5.41) is 13.3. The number of benzene rings is 1. The molecule has 2 N–H and O–H groups in total. The van der Waals surface area contributed by atoms with Crippen LogP contribution < -0.4 is 5.32 Å². The number of halogens is 1. The molecule has 1 atom stereocenters. The Balaban J connectivity index is 1.93. The largest absolute Gasteiger partial charge is 0.508 e. The molecule has 0 radical (unpaired) electrons. The van der Waals surface area contributed by atoms with Gasteiger partial charge >= 0.3 is 0 Å². The number of hydrogen-bond donors (Lipinski definition) is 2. The molecule has 1 saturated carbocycles.